The number of halogens is 2. The zero-order valence-electron chi connectivity index (χ0n) is 20.0. The molecule has 0 amide bonds. The highest BCUT2D eigenvalue weighted by Crippen LogP contribution is 2.31. The highest BCUT2D eigenvalue weighted by Gasteiger charge is 2.20. The molecule has 1 aliphatic carbocycles. The highest BCUT2D eigenvalue weighted by molar-refractivity contribution is 5.55. The third-order valence-electron chi connectivity index (χ3n) is 6.69. The fourth-order valence-corrected chi connectivity index (χ4v) is 4.72. The summed E-state index contributed by atoms with van der Waals surface area (Å²) in [4.78, 5) is 0. The molecule has 0 spiro atoms. The van der Waals surface area contributed by atoms with Gasteiger partial charge in [-0.25, -0.2) is 8.78 Å². The SMILES string of the molecule is CCCC1CCc2c(ccc(C#Cc3ccc(C#Cc4cc(F)c(N)c(F)c4)c(C)c3)c2C)C1. The number of nitrogens with two attached hydrogens (primary N) is 1. The number of aryl methyl sites for hydroxylation is 1. The van der Waals surface area contributed by atoms with Crippen molar-refractivity contribution < 1.29 is 8.78 Å². The van der Waals surface area contributed by atoms with Crippen LogP contribution in [-0.2, 0) is 12.8 Å². The van der Waals surface area contributed by atoms with Crippen LogP contribution in [-0.4, -0.2) is 0 Å². The first-order valence-electron chi connectivity index (χ1n) is 11.9. The van der Waals surface area contributed by atoms with Gasteiger partial charge in [-0.2, -0.15) is 0 Å². The zero-order valence-corrected chi connectivity index (χ0v) is 20.0. The summed E-state index contributed by atoms with van der Waals surface area (Å²) in [6.07, 6.45) is 6.18. The Labute approximate surface area is 201 Å². The number of anilines is 1. The van der Waals surface area contributed by atoms with E-state index in [0.717, 1.165) is 46.7 Å². The lowest BCUT2D eigenvalue weighted by Gasteiger charge is -2.26. The molecule has 1 atom stereocenters. The predicted octanol–water partition coefficient (Wildman–Crippen LogP) is 6.87. The van der Waals surface area contributed by atoms with Gasteiger partial charge in [0.05, 0.1) is 0 Å². The number of fused-ring (bicyclic) bond motifs is 1. The minimum atomic E-state index is -0.801. The number of hydrogen-bond acceptors (Lipinski definition) is 1. The van der Waals surface area contributed by atoms with Crippen LogP contribution in [0.5, 0.6) is 0 Å². The normalized spacial score (nSPS) is 14.4. The maximum atomic E-state index is 13.6. The van der Waals surface area contributed by atoms with Gasteiger partial charge in [-0.3, -0.25) is 0 Å². The van der Waals surface area contributed by atoms with Crippen molar-refractivity contribution in [2.45, 2.75) is 52.9 Å². The van der Waals surface area contributed by atoms with Crippen molar-refractivity contribution in [1.82, 2.24) is 0 Å². The van der Waals surface area contributed by atoms with Gasteiger partial charge < -0.3 is 5.73 Å². The molecule has 172 valence electrons. The van der Waals surface area contributed by atoms with Gasteiger partial charge in [0.2, 0.25) is 0 Å². The van der Waals surface area contributed by atoms with Crippen molar-refractivity contribution in [2.24, 2.45) is 5.92 Å². The van der Waals surface area contributed by atoms with E-state index in [9.17, 15) is 8.78 Å². The molecule has 0 fully saturated rings. The van der Waals surface area contributed by atoms with Crippen molar-refractivity contribution >= 4 is 5.69 Å². The molecule has 34 heavy (non-hydrogen) atoms. The van der Waals surface area contributed by atoms with Crippen molar-refractivity contribution in [3.05, 3.63) is 98.6 Å². The molecule has 4 rings (SSSR count). The summed E-state index contributed by atoms with van der Waals surface area (Å²) >= 11 is 0. The first-order chi connectivity index (χ1) is 16.4. The van der Waals surface area contributed by atoms with Gasteiger partial charge in [-0.1, -0.05) is 49.5 Å². The Bertz CT molecular complexity index is 1340. The molecule has 3 heteroatoms. The molecular weight excluding hydrogens is 424 g/mol. The van der Waals surface area contributed by atoms with Gasteiger partial charge in [0, 0.05) is 22.3 Å². The summed E-state index contributed by atoms with van der Waals surface area (Å²) in [5.41, 5.74) is 13.1. The fourth-order valence-electron chi connectivity index (χ4n) is 4.72. The number of benzene rings is 3. The van der Waals surface area contributed by atoms with E-state index in [1.165, 1.54) is 42.4 Å². The lowest BCUT2D eigenvalue weighted by Crippen LogP contribution is -2.15. The van der Waals surface area contributed by atoms with Crippen LogP contribution in [0.2, 0.25) is 0 Å². The Morgan fingerprint density at radius 2 is 1.56 bits per heavy atom. The quantitative estimate of drug-likeness (QED) is 0.333. The third kappa shape index (κ3) is 5.16. The minimum Gasteiger partial charge on any atom is -0.394 e. The second-order valence-electron chi connectivity index (χ2n) is 9.16. The van der Waals surface area contributed by atoms with E-state index < -0.39 is 17.3 Å². The average molecular weight is 454 g/mol. The van der Waals surface area contributed by atoms with Crippen LogP contribution in [0.15, 0.2) is 42.5 Å². The van der Waals surface area contributed by atoms with Crippen molar-refractivity contribution in [1.29, 1.82) is 0 Å². The summed E-state index contributed by atoms with van der Waals surface area (Å²) in [5, 5.41) is 0. The third-order valence-corrected chi connectivity index (χ3v) is 6.69. The zero-order chi connectivity index (χ0) is 24.2. The molecule has 0 saturated carbocycles. The standard InChI is InChI=1S/C31H29F2N/c1-4-5-22-9-15-28-21(3)26(13-14-27(28)17-22)12-7-23-6-10-25(20(2)16-23)11-8-24-18-29(32)31(34)30(33)19-24/h6,10,13-14,16,18-19,22H,4-5,9,15,17,34H2,1-3H3. The number of hydrogen-bond donors (Lipinski definition) is 1. The monoisotopic (exact) mass is 453 g/mol. The Balaban J connectivity index is 1.53. The molecule has 0 radical (unpaired) electrons. The Hall–Kier alpha value is -3.56. The second-order valence-corrected chi connectivity index (χ2v) is 9.16. The summed E-state index contributed by atoms with van der Waals surface area (Å²) in [6, 6.07) is 12.5. The van der Waals surface area contributed by atoms with Crippen LogP contribution < -0.4 is 5.73 Å². The molecule has 0 aliphatic heterocycles. The first kappa shape index (κ1) is 23.6. The first-order valence-corrected chi connectivity index (χ1v) is 11.9. The largest absolute Gasteiger partial charge is 0.394 e. The van der Waals surface area contributed by atoms with Gasteiger partial charge in [0.1, 0.15) is 17.3 Å². The molecule has 1 nitrogen and oxygen atoms in total. The molecule has 1 aliphatic rings. The fraction of sp³-hybridized carbons (Fsp3) is 0.290. The van der Waals surface area contributed by atoms with Crippen molar-refractivity contribution in [3.8, 4) is 23.7 Å². The van der Waals surface area contributed by atoms with E-state index in [2.05, 4.69) is 49.7 Å². The molecule has 3 aromatic carbocycles. The maximum Gasteiger partial charge on any atom is 0.150 e. The van der Waals surface area contributed by atoms with Crippen LogP contribution in [0.3, 0.4) is 0 Å². The topological polar surface area (TPSA) is 26.0 Å². The lowest BCUT2D eigenvalue weighted by molar-refractivity contribution is 0.422. The molecule has 1 unspecified atom stereocenters. The number of rotatable bonds is 2. The molecular formula is C31H29F2N. The van der Waals surface area contributed by atoms with E-state index in [1.54, 1.807) is 0 Å². The molecule has 0 aromatic heterocycles. The van der Waals surface area contributed by atoms with Crippen LogP contribution in [0, 0.1) is 55.1 Å². The van der Waals surface area contributed by atoms with Gasteiger partial charge in [0.25, 0.3) is 0 Å². The number of nitrogen functional groups attached to an aromatic ring is 1. The van der Waals surface area contributed by atoms with Gasteiger partial charge >= 0.3 is 0 Å². The molecule has 3 aromatic rings. The van der Waals surface area contributed by atoms with E-state index in [1.807, 2.05) is 25.1 Å². The summed E-state index contributed by atoms with van der Waals surface area (Å²) in [6.45, 7) is 6.41. The minimum absolute atomic E-state index is 0.247. The lowest BCUT2D eigenvalue weighted by atomic mass is 9.79. The summed E-state index contributed by atoms with van der Waals surface area (Å²) < 4.78 is 27.3. The maximum absolute atomic E-state index is 13.6. The molecule has 2 N–H and O–H groups in total. The van der Waals surface area contributed by atoms with Crippen molar-refractivity contribution in [2.75, 3.05) is 5.73 Å². The Kier molecular flexibility index (Phi) is 7.04. The van der Waals surface area contributed by atoms with E-state index in [-0.39, 0.29) is 5.56 Å². The Morgan fingerprint density at radius 1 is 0.882 bits per heavy atom. The second kappa shape index (κ2) is 10.1. The van der Waals surface area contributed by atoms with Gasteiger partial charge in [0.15, 0.2) is 0 Å². The highest BCUT2D eigenvalue weighted by atomic mass is 19.1. The van der Waals surface area contributed by atoms with Gasteiger partial charge in [-0.05, 0) is 97.7 Å². The summed E-state index contributed by atoms with van der Waals surface area (Å²) in [7, 11) is 0. The van der Waals surface area contributed by atoms with E-state index in [0.29, 0.717) is 0 Å². The van der Waals surface area contributed by atoms with E-state index >= 15 is 0 Å². The average Bonchev–Trinajstić information content (AvgIpc) is 2.81. The smallest absolute Gasteiger partial charge is 0.150 e. The van der Waals surface area contributed by atoms with Gasteiger partial charge in [-0.15, -0.1) is 0 Å². The van der Waals surface area contributed by atoms with Crippen molar-refractivity contribution in [3.63, 3.8) is 0 Å². The summed E-state index contributed by atoms with van der Waals surface area (Å²) in [5.74, 6) is 11.7. The molecule has 0 bridgehead atoms. The van der Waals surface area contributed by atoms with E-state index in [4.69, 9.17) is 5.73 Å². The van der Waals surface area contributed by atoms with Crippen LogP contribution in [0.25, 0.3) is 0 Å². The molecule has 0 saturated heterocycles. The van der Waals surface area contributed by atoms with Crippen LogP contribution in [0.4, 0.5) is 14.5 Å². The van der Waals surface area contributed by atoms with Crippen LogP contribution in [0.1, 0.15) is 70.7 Å². The molecule has 0 heterocycles. The Morgan fingerprint density at radius 3 is 2.26 bits per heavy atom. The predicted molar refractivity (Wildman–Crippen MR) is 136 cm³/mol. The van der Waals surface area contributed by atoms with Crippen LogP contribution >= 0.6 is 0 Å².